The van der Waals surface area contributed by atoms with Crippen LogP contribution in [0.2, 0.25) is 0 Å². The SMILES string of the molecule is c1ccc(-c2nc(-c3ccccc3)nc(-c3cc(-c4ccc(-c5ccccn5)cn4)cc(-c4cc5ccccc5c5ccccc45)c3)n2)cc1. The molecule has 234 valence electrons. The Labute approximate surface area is 289 Å². The topological polar surface area (TPSA) is 64.5 Å². The molecule has 0 aliphatic heterocycles. The van der Waals surface area contributed by atoms with Crippen LogP contribution in [0.25, 0.3) is 89.4 Å². The van der Waals surface area contributed by atoms with Gasteiger partial charge >= 0.3 is 0 Å². The van der Waals surface area contributed by atoms with Crippen LogP contribution in [0.1, 0.15) is 0 Å². The minimum atomic E-state index is 0.594. The third-order valence-electron chi connectivity index (χ3n) is 8.99. The van der Waals surface area contributed by atoms with Gasteiger partial charge < -0.3 is 0 Å². The molecule has 3 heterocycles. The van der Waals surface area contributed by atoms with Crippen molar-refractivity contribution in [1.29, 1.82) is 0 Å². The highest BCUT2D eigenvalue weighted by Gasteiger charge is 2.17. The van der Waals surface area contributed by atoms with E-state index in [9.17, 15) is 0 Å². The zero-order chi connectivity index (χ0) is 33.3. The van der Waals surface area contributed by atoms with Crippen molar-refractivity contribution in [2.45, 2.75) is 0 Å². The molecule has 9 aromatic rings. The van der Waals surface area contributed by atoms with Gasteiger partial charge in [-0.15, -0.1) is 0 Å². The van der Waals surface area contributed by atoms with Crippen LogP contribution >= 0.6 is 0 Å². The molecule has 0 spiro atoms. The monoisotopic (exact) mass is 639 g/mol. The first-order valence-corrected chi connectivity index (χ1v) is 16.6. The van der Waals surface area contributed by atoms with Crippen molar-refractivity contribution in [3.8, 4) is 67.8 Å². The maximum absolute atomic E-state index is 5.08. The van der Waals surface area contributed by atoms with Gasteiger partial charge in [0.1, 0.15) is 0 Å². The molecule has 0 unspecified atom stereocenters. The fourth-order valence-electron chi connectivity index (χ4n) is 6.54. The summed E-state index contributed by atoms with van der Waals surface area (Å²) in [6.45, 7) is 0. The van der Waals surface area contributed by atoms with E-state index < -0.39 is 0 Å². The van der Waals surface area contributed by atoms with Gasteiger partial charge in [0.05, 0.1) is 11.4 Å². The predicted octanol–water partition coefficient (Wildman–Crippen LogP) is 11.0. The van der Waals surface area contributed by atoms with Crippen LogP contribution in [0, 0.1) is 0 Å². The average molecular weight is 640 g/mol. The molecule has 5 nitrogen and oxygen atoms in total. The Morgan fingerprint density at radius 3 is 1.54 bits per heavy atom. The molecular weight excluding hydrogens is 611 g/mol. The molecule has 0 bridgehead atoms. The van der Waals surface area contributed by atoms with Crippen LogP contribution in [0.3, 0.4) is 0 Å². The summed E-state index contributed by atoms with van der Waals surface area (Å²) in [7, 11) is 0. The van der Waals surface area contributed by atoms with Crippen LogP contribution in [-0.2, 0) is 0 Å². The van der Waals surface area contributed by atoms with E-state index in [1.807, 2.05) is 85.1 Å². The summed E-state index contributed by atoms with van der Waals surface area (Å²) in [5, 5.41) is 4.80. The van der Waals surface area contributed by atoms with E-state index in [2.05, 4.69) is 89.9 Å². The number of rotatable bonds is 6. The lowest BCUT2D eigenvalue weighted by Gasteiger charge is -2.15. The molecule has 0 aliphatic rings. The fourth-order valence-corrected chi connectivity index (χ4v) is 6.54. The van der Waals surface area contributed by atoms with Gasteiger partial charge in [-0.2, -0.15) is 0 Å². The summed E-state index contributed by atoms with van der Waals surface area (Å²) >= 11 is 0. The smallest absolute Gasteiger partial charge is 0.164 e. The number of hydrogen-bond donors (Lipinski definition) is 0. The molecule has 0 fully saturated rings. The summed E-state index contributed by atoms with van der Waals surface area (Å²) in [6, 6.07) is 56.2. The summed E-state index contributed by atoms with van der Waals surface area (Å²) in [5.41, 5.74) is 8.57. The fraction of sp³-hybridized carbons (Fsp3) is 0. The molecule has 0 saturated carbocycles. The van der Waals surface area contributed by atoms with Gasteiger partial charge in [0, 0.05) is 40.2 Å². The molecule has 9 rings (SSSR count). The normalized spacial score (nSPS) is 11.2. The third-order valence-corrected chi connectivity index (χ3v) is 8.99. The summed E-state index contributed by atoms with van der Waals surface area (Å²) < 4.78 is 0. The van der Waals surface area contributed by atoms with Crippen molar-refractivity contribution in [1.82, 2.24) is 24.9 Å². The van der Waals surface area contributed by atoms with Crippen LogP contribution in [0.15, 0.2) is 176 Å². The van der Waals surface area contributed by atoms with E-state index >= 15 is 0 Å². The highest BCUT2D eigenvalue weighted by atomic mass is 15.0. The number of hydrogen-bond acceptors (Lipinski definition) is 5. The molecule has 5 heteroatoms. The summed E-state index contributed by atoms with van der Waals surface area (Å²) in [5.74, 6) is 1.84. The minimum Gasteiger partial charge on any atom is -0.256 e. The first kappa shape index (κ1) is 29.3. The van der Waals surface area contributed by atoms with Crippen LogP contribution in [0.4, 0.5) is 0 Å². The highest BCUT2D eigenvalue weighted by Crippen LogP contribution is 2.39. The van der Waals surface area contributed by atoms with Crippen molar-refractivity contribution < 1.29 is 0 Å². The number of fused-ring (bicyclic) bond motifs is 3. The second-order valence-electron chi connectivity index (χ2n) is 12.2. The quantitative estimate of drug-likeness (QED) is 0.169. The molecule has 0 aliphatic carbocycles. The second kappa shape index (κ2) is 12.6. The Bertz CT molecular complexity index is 2560. The minimum absolute atomic E-state index is 0.594. The molecule has 50 heavy (non-hydrogen) atoms. The lowest BCUT2D eigenvalue weighted by molar-refractivity contribution is 1.07. The van der Waals surface area contributed by atoms with Crippen molar-refractivity contribution in [2.24, 2.45) is 0 Å². The van der Waals surface area contributed by atoms with Crippen LogP contribution < -0.4 is 0 Å². The van der Waals surface area contributed by atoms with Gasteiger partial charge in [-0.05, 0) is 81.2 Å². The van der Waals surface area contributed by atoms with Gasteiger partial charge in [0.15, 0.2) is 17.5 Å². The largest absolute Gasteiger partial charge is 0.256 e. The van der Waals surface area contributed by atoms with Crippen LogP contribution in [-0.4, -0.2) is 24.9 Å². The second-order valence-corrected chi connectivity index (χ2v) is 12.2. The van der Waals surface area contributed by atoms with E-state index in [-0.39, 0.29) is 0 Å². The first-order valence-electron chi connectivity index (χ1n) is 16.6. The number of pyridine rings is 2. The number of aromatic nitrogens is 5. The molecule has 3 aromatic heterocycles. The van der Waals surface area contributed by atoms with Gasteiger partial charge in [-0.3, -0.25) is 9.97 Å². The maximum atomic E-state index is 5.08. The standard InChI is InChI=1S/C45H29N5/c1-3-13-30(14-4-1)43-48-44(31-15-5-2-6-16-31)50-45(49-43)36-26-34(40-28-32-17-7-8-18-37(32)38-19-9-10-20-39(38)40)25-35(27-36)42-23-22-33(29-47-42)41-21-11-12-24-46-41/h1-29H. The molecule has 0 saturated heterocycles. The Hall–Kier alpha value is -6.85. The first-order chi connectivity index (χ1) is 24.8. The zero-order valence-electron chi connectivity index (χ0n) is 27.0. The zero-order valence-corrected chi connectivity index (χ0v) is 27.0. The van der Waals surface area contributed by atoms with Crippen LogP contribution in [0.5, 0.6) is 0 Å². The van der Waals surface area contributed by atoms with E-state index in [0.717, 1.165) is 50.3 Å². The highest BCUT2D eigenvalue weighted by molar-refractivity contribution is 6.14. The number of nitrogens with zero attached hydrogens (tertiary/aromatic N) is 5. The molecule has 0 radical (unpaired) electrons. The molecular formula is C45H29N5. The molecule has 0 amide bonds. The van der Waals surface area contributed by atoms with E-state index in [4.69, 9.17) is 19.9 Å². The molecule has 0 atom stereocenters. The van der Waals surface area contributed by atoms with E-state index in [0.29, 0.717) is 17.5 Å². The van der Waals surface area contributed by atoms with Gasteiger partial charge in [-0.1, -0.05) is 115 Å². The van der Waals surface area contributed by atoms with Gasteiger partial charge in [0.25, 0.3) is 0 Å². The Morgan fingerprint density at radius 1 is 0.320 bits per heavy atom. The van der Waals surface area contributed by atoms with Crippen molar-refractivity contribution in [2.75, 3.05) is 0 Å². The predicted molar refractivity (Wildman–Crippen MR) is 203 cm³/mol. The van der Waals surface area contributed by atoms with Gasteiger partial charge in [0.2, 0.25) is 0 Å². The van der Waals surface area contributed by atoms with E-state index in [1.54, 1.807) is 6.20 Å². The van der Waals surface area contributed by atoms with E-state index in [1.165, 1.54) is 21.5 Å². The lowest BCUT2D eigenvalue weighted by atomic mass is 9.91. The average Bonchev–Trinajstić information content (AvgIpc) is 3.21. The number of benzene rings is 6. The van der Waals surface area contributed by atoms with Gasteiger partial charge in [-0.25, -0.2) is 15.0 Å². The maximum Gasteiger partial charge on any atom is 0.164 e. The molecule has 0 N–H and O–H groups in total. The lowest BCUT2D eigenvalue weighted by Crippen LogP contribution is -2.00. The third kappa shape index (κ3) is 5.57. The Balaban J connectivity index is 1.28. The van der Waals surface area contributed by atoms with Crippen molar-refractivity contribution >= 4 is 21.5 Å². The van der Waals surface area contributed by atoms with Crippen molar-refractivity contribution in [3.63, 3.8) is 0 Å². The summed E-state index contributed by atoms with van der Waals surface area (Å²) in [4.78, 5) is 24.6. The molecule has 6 aromatic carbocycles. The Morgan fingerprint density at radius 2 is 0.880 bits per heavy atom. The Kier molecular flexibility index (Phi) is 7.41. The summed E-state index contributed by atoms with van der Waals surface area (Å²) in [6.07, 6.45) is 3.69. The van der Waals surface area contributed by atoms with Crippen molar-refractivity contribution in [3.05, 3.63) is 176 Å².